The van der Waals surface area contributed by atoms with Gasteiger partial charge >= 0.3 is 0 Å². The minimum absolute atomic E-state index is 0.173. The van der Waals surface area contributed by atoms with Crippen LogP contribution in [-0.2, 0) is 21.6 Å². The Morgan fingerprint density at radius 2 is 1.82 bits per heavy atom. The first kappa shape index (κ1) is 19.1. The first-order valence-electron chi connectivity index (χ1n) is 10.3. The molecule has 2 aromatic rings. The molecule has 0 N–H and O–H groups in total. The highest BCUT2D eigenvalue weighted by Gasteiger charge is 2.33. The summed E-state index contributed by atoms with van der Waals surface area (Å²) < 4.78 is 7.50. The molecule has 0 radical (unpaired) electrons. The zero-order chi connectivity index (χ0) is 19.7. The number of hydrogen-bond donors (Lipinski definition) is 0. The molecule has 2 aliphatic rings. The lowest BCUT2D eigenvalue weighted by atomic mass is 9.99. The molecule has 0 bridgehead atoms. The highest BCUT2D eigenvalue weighted by atomic mass is 16.5. The molecule has 1 aromatic heterocycles. The molecule has 6 heteroatoms. The van der Waals surface area contributed by atoms with Crippen LogP contribution in [0.25, 0.3) is 0 Å². The van der Waals surface area contributed by atoms with E-state index in [0.717, 1.165) is 44.2 Å². The van der Waals surface area contributed by atoms with Crippen LogP contribution in [-0.4, -0.2) is 45.3 Å². The van der Waals surface area contributed by atoms with Crippen molar-refractivity contribution in [2.75, 3.05) is 19.8 Å². The standard InChI is InChI=1S/C22H30N4O2/c1-22(2,3)26-19(23-21(24-26)17-9-11-28-12-10-17)15-25-14-18(13-20(25)27)16-7-5-4-6-8-16/h4-8,17-18H,9-15H2,1-3H3/t18-/m1/s1. The van der Waals surface area contributed by atoms with Gasteiger partial charge in [-0.3, -0.25) is 4.79 Å². The van der Waals surface area contributed by atoms with Crippen molar-refractivity contribution < 1.29 is 9.53 Å². The maximum atomic E-state index is 12.7. The molecule has 1 amide bonds. The normalized spacial score (nSPS) is 21.5. The van der Waals surface area contributed by atoms with Crippen molar-refractivity contribution in [2.24, 2.45) is 0 Å². The van der Waals surface area contributed by atoms with Crippen molar-refractivity contribution >= 4 is 5.91 Å². The number of rotatable bonds is 4. The minimum Gasteiger partial charge on any atom is -0.381 e. The van der Waals surface area contributed by atoms with E-state index in [1.54, 1.807) is 0 Å². The van der Waals surface area contributed by atoms with Crippen molar-refractivity contribution in [3.05, 3.63) is 47.5 Å². The van der Waals surface area contributed by atoms with Crippen LogP contribution in [0.2, 0.25) is 0 Å². The summed E-state index contributed by atoms with van der Waals surface area (Å²) in [7, 11) is 0. The van der Waals surface area contributed by atoms with E-state index in [1.807, 2.05) is 27.8 Å². The molecule has 0 aliphatic carbocycles. The molecule has 2 fully saturated rings. The summed E-state index contributed by atoms with van der Waals surface area (Å²) in [5, 5.41) is 4.86. The number of benzene rings is 1. The molecule has 28 heavy (non-hydrogen) atoms. The smallest absolute Gasteiger partial charge is 0.223 e. The van der Waals surface area contributed by atoms with Gasteiger partial charge in [-0.15, -0.1) is 0 Å². The average Bonchev–Trinajstić information content (AvgIpc) is 3.28. The predicted molar refractivity (Wildman–Crippen MR) is 107 cm³/mol. The Labute approximate surface area is 166 Å². The highest BCUT2D eigenvalue weighted by molar-refractivity contribution is 5.79. The Kier molecular flexibility index (Phi) is 5.23. The van der Waals surface area contributed by atoms with Gasteiger partial charge in [0, 0.05) is 38.0 Å². The zero-order valence-electron chi connectivity index (χ0n) is 17.1. The number of likely N-dealkylation sites (tertiary alicyclic amines) is 1. The van der Waals surface area contributed by atoms with Gasteiger partial charge in [0.2, 0.25) is 5.91 Å². The molecule has 3 heterocycles. The van der Waals surface area contributed by atoms with Crippen molar-refractivity contribution in [1.82, 2.24) is 19.7 Å². The monoisotopic (exact) mass is 382 g/mol. The number of aromatic nitrogens is 3. The topological polar surface area (TPSA) is 60.2 Å². The van der Waals surface area contributed by atoms with E-state index in [4.69, 9.17) is 14.8 Å². The van der Waals surface area contributed by atoms with Crippen LogP contribution in [0.5, 0.6) is 0 Å². The van der Waals surface area contributed by atoms with E-state index in [9.17, 15) is 4.79 Å². The number of carbonyl (C=O) groups excluding carboxylic acids is 1. The van der Waals surface area contributed by atoms with Gasteiger partial charge in [0.1, 0.15) is 5.82 Å². The van der Waals surface area contributed by atoms with Gasteiger partial charge in [0.15, 0.2) is 5.82 Å². The molecule has 150 valence electrons. The maximum absolute atomic E-state index is 12.7. The molecular formula is C22H30N4O2. The quantitative estimate of drug-likeness (QED) is 0.813. The highest BCUT2D eigenvalue weighted by Crippen LogP contribution is 2.31. The minimum atomic E-state index is -0.173. The fraction of sp³-hybridized carbons (Fsp3) is 0.591. The second-order valence-corrected chi connectivity index (χ2v) is 8.94. The molecular weight excluding hydrogens is 352 g/mol. The zero-order valence-corrected chi connectivity index (χ0v) is 17.1. The second kappa shape index (κ2) is 7.66. The third kappa shape index (κ3) is 3.97. The third-order valence-electron chi connectivity index (χ3n) is 5.73. The molecule has 6 nitrogen and oxygen atoms in total. The third-order valence-corrected chi connectivity index (χ3v) is 5.73. The Bertz CT molecular complexity index is 819. The Hall–Kier alpha value is -2.21. The van der Waals surface area contributed by atoms with Gasteiger partial charge in [0.25, 0.3) is 0 Å². The summed E-state index contributed by atoms with van der Waals surface area (Å²) in [4.78, 5) is 19.5. The molecule has 0 unspecified atom stereocenters. The SMILES string of the molecule is CC(C)(C)n1nc(C2CCOCC2)nc1CN1C[C@H](c2ccccc2)CC1=O. The summed E-state index contributed by atoms with van der Waals surface area (Å²) >= 11 is 0. The Morgan fingerprint density at radius 3 is 2.50 bits per heavy atom. The summed E-state index contributed by atoms with van der Waals surface area (Å²) in [5.74, 6) is 2.59. The predicted octanol–water partition coefficient (Wildman–Crippen LogP) is 3.44. The van der Waals surface area contributed by atoms with Crippen LogP contribution < -0.4 is 0 Å². The lowest BCUT2D eigenvalue weighted by molar-refractivity contribution is -0.128. The van der Waals surface area contributed by atoms with Crippen LogP contribution in [0.3, 0.4) is 0 Å². The molecule has 0 saturated carbocycles. The first-order valence-corrected chi connectivity index (χ1v) is 10.3. The average molecular weight is 383 g/mol. The fourth-order valence-electron chi connectivity index (χ4n) is 4.17. The number of ether oxygens (including phenoxy) is 1. The first-order chi connectivity index (χ1) is 13.4. The van der Waals surface area contributed by atoms with Crippen molar-refractivity contribution in [3.8, 4) is 0 Å². The Morgan fingerprint density at radius 1 is 1.11 bits per heavy atom. The van der Waals surface area contributed by atoms with Crippen LogP contribution in [0.1, 0.15) is 69.1 Å². The summed E-state index contributed by atoms with van der Waals surface area (Å²) in [6.45, 7) is 9.22. The van der Waals surface area contributed by atoms with Crippen LogP contribution >= 0.6 is 0 Å². The molecule has 1 aromatic carbocycles. The lowest BCUT2D eigenvalue weighted by Crippen LogP contribution is -2.31. The van der Waals surface area contributed by atoms with Gasteiger partial charge in [-0.1, -0.05) is 30.3 Å². The van der Waals surface area contributed by atoms with Crippen molar-refractivity contribution in [3.63, 3.8) is 0 Å². The number of amides is 1. The van der Waals surface area contributed by atoms with Gasteiger partial charge in [-0.2, -0.15) is 5.10 Å². The maximum Gasteiger partial charge on any atom is 0.223 e. The second-order valence-electron chi connectivity index (χ2n) is 8.94. The summed E-state index contributed by atoms with van der Waals surface area (Å²) in [5.41, 5.74) is 1.06. The molecule has 4 rings (SSSR count). The van der Waals surface area contributed by atoms with Crippen LogP contribution in [0, 0.1) is 0 Å². The van der Waals surface area contributed by atoms with Crippen LogP contribution in [0.4, 0.5) is 0 Å². The molecule has 2 saturated heterocycles. The van der Waals surface area contributed by atoms with Gasteiger partial charge in [-0.25, -0.2) is 9.67 Å². The molecule has 2 aliphatic heterocycles. The van der Waals surface area contributed by atoms with Gasteiger partial charge < -0.3 is 9.64 Å². The summed E-state index contributed by atoms with van der Waals surface area (Å²) in [6, 6.07) is 10.3. The summed E-state index contributed by atoms with van der Waals surface area (Å²) in [6.07, 6.45) is 2.50. The lowest BCUT2D eigenvalue weighted by Gasteiger charge is -2.24. The fourth-order valence-corrected chi connectivity index (χ4v) is 4.17. The number of hydrogen-bond acceptors (Lipinski definition) is 4. The largest absolute Gasteiger partial charge is 0.381 e. The van der Waals surface area contributed by atoms with Crippen molar-refractivity contribution in [1.29, 1.82) is 0 Å². The Balaban J connectivity index is 1.55. The van der Waals surface area contributed by atoms with Gasteiger partial charge in [-0.05, 0) is 39.2 Å². The van der Waals surface area contributed by atoms with E-state index >= 15 is 0 Å². The van der Waals surface area contributed by atoms with Crippen LogP contribution in [0.15, 0.2) is 30.3 Å². The van der Waals surface area contributed by atoms with E-state index in [0.29, 0.717) is 18.9 Å². The van der Waals surface area contributed by atoms with Gasteiger partial charge in [0.05, 0.1) is 12.1 Å². The van der Waals surface area contributed by atoms with E-state index < -0.39 is 0 Å². The van der Waals surface area contributed by atoms with Crippen molar-refractivity contribution in [2.45, 2.75) is 64.0 Å². The number of nitrogens with zero attached hydrogens (tertiary/aromatic N) is 4. The molecule has 1 atom stereocenters. The van der Waals surface area contributed by atoms with E-state index in [-0.39, 0.29) is 17.4 Å². The number of carbonyl (C=O) groups is 1. The van der Waals surface area contributed by atoms with E-state index in [2.05, 4.69) is 32.9 Å². The molecule has 0 spiro atoms. The van der Waals surface area contributed by atoms with E-state index in [1.165, 1.54) is 5.56 Å².